The lowest BCUT2D eigenvalue weighted by Crippen LogP contribution is -2.41. The predicted octanol–water partition coefficient (Wildman–Crippen LogP) is 1.61. The highest BCUT2D eigenvalue weighted by molar-refractivity contribution is 5.77. The molecule has 1 saturated heterocycles. The zero-order valence-electron chi connectivity index (χ0n) is 12.6. The van der Waals surface area contributed by atoms with E-state index in [9.17, 15) is 14.3 Å². The molecule has 1 aliphatic heterocycles. The van der Waals surface area contributed by atoms with Gasteiger partial charge in [-0.3, -0.25) is 4.79 Å². The molecule has 1 atom stereocenters. The molecule has 2 heterocycles. The quantitative estimate of drug-likeness (QED) is 0.887. The van der Waals surface area contributed by atoms with Crippen LogP contribution >= 0.6 is 0 Å². The van der Waals surface area contributed by atoms with E-state index in [1.807, 2.05) is 4.90 Å². The second-order valence-corrected chi connectivity index (χ2v) is 6.42. The zero-order chi connectivity index (χ0) is 15.6. The van der Waals surface area contributed by atoms with Crippen LogP contribution < -0.4 is 10.2 Å². The molecule has 1 amide bonds. The minimum atomic E-state index is -0.824. The fraction of sp³-hybridized carbons (Fsp3) is 0.625. The highest BCUT2D eigenvalue weighted by Crippen LogP contribution is 2.32. The molecule has 0 radical (unpaired) electrons. The monoisotopic (exact) mass is 307 g/mol. The lowest BCUT2D eigenvalue weighted by Gasteiger charge is -2.23. The Kier molecular flexibility index (Phi) is 4.29. The van der Waals surface area contributed by atoms with E-state index in [1.54, 1.807) is 12.3 Å². The van der Waals surface area contributed by atoms with Crippen molar-refractivity contribution in [1.82, 2.24) is 10.3 Å². The number of aromatic nitrogens is 1. The third-order valence-electron chi connectivity index (χ3n) is 4.62. The third kappa shape index (κ3) is 3.38. The Morgan fingerprint density at radius 3 is 3.00 bits per heavy atom. The first kappa shape index (κ1) is 15.2. The molecule has 1 aliphatic carbocycles. The maximum Gasteiger partial charge on any atom is 0.223 e. The fourth-order valence-electron chi connectivity index (χ4n) is 3.47. The topological polar surface area (TPSA) is 65.5 Å². The number of hydrogen-bond acceptors (Lipinski definition) is 4. The molecule has 6 heteroatoms. The summed E-state index contributed by atoms with van der Waals surface area (Å²) in [6.07, 6.45) is 5.88. The van der Waals surface area contributed by atoms with Crippen LogP contribution in [0.15, 0.2) is 18.3 Å². The Morgan fingerprint density at radius 2 is 2.27 bits per heavy atom. The molecule has 0 bridgehead atoms. The van der Waals surface area contributed by atoms with Crippen LogP contribution in [0.2, 0.25) is 0 Å². The summed E-state index contributed by atoms with van der Waals surface area (Å²) >= 11 is 0. The molecule has 0 spiro atoms. The number of amides is 1. The number of anilines is 1. The second-order valence-electron chi connectivity index (χ2n) is 6.42. The van der Waals surface area contributed by atoms with Gasteiger partial charge in [0.1, 0.15) is 0 Å². The molecule has 1 aromatic rings. The molecule has 22 heavy (non-hydrogen) atoms. The van der Waals surface area contributed by atoms with Crippen LogP contribution in [0.3, 0.4) is 0 Å². The van der Waals surface area contributed by atoms with E-state index in [4.69, 9.17) is 0 Å². The van der Waals surface area contributed by atoms with E-state index >= 15 is 0 Å². The lowest BCUT2D eigenvalue weighted by molar-refractivity contribution is -0.126. The third-order valence-corrected chi connectivity index (χ3v) is 4.62. The van der Waals surface area contributed by atoms with Gasteiger partial charge in [-0.05, 0) is 31.4 Å². The number of hydrogen-bond donors (Lipinski definition) is 2. The highest BCUT2D eigenvalue weighted by Gasteiger charge is 2.34. The number of pyridine rings is 1. The Labute approximate surface area is 129 Å². The normalized spacial score (nSPS) is 23.7. The van der Waals surface area contributed by atoms with Gasteiger partial charge in [-0.2, -0.15) is 0 Å². The number of rotatable bonds is 4. The van der Waals surface area contributed by atoms with Crippen molar-refractivity contribution in [1.29, 1.82) is 0 Å². The van der Waals surface area contributed by atoms with E-state index in [0.29, 0.717) is 31.7 Å². The molecule has 2 aliphatic rings. The number of nitrogens with one attached hydrogen (secondary N) is 1. The molecular weight excluding hydrogens is 285 g/mol. The molecule has 0 aromatic carbocycles. The van der Waals surface area contributed by atoms with Crippen molar-refractivity contribution in [3.05, 3.63) is 24.1 Å². The van der Waals surface area contributed by atoms with Crippen molar-refractivity contribution in [3.63, 3.8) is 0 Å². The van der Waals surface area contributed by atoms with Crippen molar-refractivity contribution in [2.75, 3.05) is 18.0 Å². The van der Waals surface area contributed by atoms with Crippen LogP contribution in [0.1, 0.15) is 38.5 Å². The highest BCUT2D eigenvalue weighted by atomic mass is 19.1. The Hall–Kier alpha value is -1.69. The van der Waals surface area contributed by atoms with Gasteiger partial charge in [0.25, 0.3) is 0 Å². The molecule has 1 saturated carbocycles. The average Bonchev–Trinajstić information content (AvgIpc) is 3.09. The molecule has 2 fully saturated rings. The van der Waals surface area contributed by atoms with Gasteiger partial charge in [-0.15, -0.1) is 0 Å². The fourth-order valence-corrected chi connectivity index (χ4v) is 3.47. The van der Waals surface area contributed by atoms with E-state index in [-0.39, 0.29) is 24.2 Å². The summed E-state index contributed by atoms with van der Waals surface area (Å²) in [6, 6.07) is 2.94. The van der Waals surface area contributed by atoms with Gasteiger partial charge >= 0.3 is 0 Å². The Morgan fingerprint density at radius 1 is 1.50 bits per heavy atom. The number of carbonyl (C=O) groups is 1. The van der Waals surface area contributed by atoms with Gasteiger partial charge in [0.15, 0.2) is 11.6 Å². The average molecular weight is 307 g/mol. The van der Waals surface area contributed by atoms with Gasteiger partial charge < -0.3 is 15.3 Å². The second kappa shape index (κ2) is 6.20. The number of carbonyl (C=O) groups excluding carboxylic acids is 1. The lowest BCUT2D eigenvalue weighted by atomic mass is 9.97. The minimum Gasteiger partial charge on any atom is -0.389 e. The van der Waals surface area contributed by atoms with Crippen molar-refractivity contribution < 1.29 is 14.3 Å². The molecular formula is C16H22FN3O2. The molecule has 1 aromatic heterocycles. The Balaban J connectivity index is 1.53. The van der Waals surface area contributed by atoms with Gasteiger partial charge in [-0.1, -0.05) is 12.8 Å². The van der Waals surface area contributed by atoms with Crippen molar-refractivity contribution in [3.8, 4) is 0 Å². The first-order valence-corrected chi connectivity index (χ1v) is 7.93. The molecule has 5 nitrogen and oxygen atoms in total. The largest absolute Gasteiger partial charge is 0.389 e. The van der Waals surface area contributed by atoms with E-state index < -0.39 is 5.60 Å². The summed E-state index contributed by atoms with van der Waals surface area (Å²) in [5.74, 6) is -0.110. The van der Waals surface area contributed by atoms with E-state index in [0.717, 1.165) is 19.3 Å². The minimum absolute atomic E-state index is 0.0149. The summed E-state index contributed by atoms with van der Waals surface area (Å²) in [5, 5.41) is 13.2. The van der Waals surface area contributed by atoms with Gasteiger partial charge in [0.05, 0.1) is 12.0 Å². The zero-order valence-corrected chi connectivity index (χ0v) is 12.6. The molecule has 120 valence electrons. The van der Waals surface area contributed by atoms with Crippen LogP contribution in [-0.2, 0) is 4.79 Å². The van der Waals surface area contributed by atoms with Crippen molar-refractivity contribution >= 4 is 11.7 Å². The van der Waals surface area contributed by atoms with Crippen LogP contribution in [0.25, 0.3) is 0 Å². The molecule has 3 rings (SSSR count). The van der Waals surface area contributed by atoms with Gasteiger partial charge in [-0.25, -0.2) is 9.37 Å². The molecule has 1 unspecified atom stereocenters. The maximum atomic E-state index is 13.7. The number of nitrogens with zero attached hydrogens (tertiary/aromatic N) is 2. The summed E-state index contributed by atoms with van der Waals surface area (Å²) in [4.78, 5) is 18.0. The molecule has 2 N–H and O–H groups in total. The summed E-state index contributed by atoms with van der Waals surface area (Å²) in [5.41, 5.74) is -0.824. The number of halogens is 1. The first-order valence-electron chi connectivity index (χ1n) is 7.93. The summed E-state index contributed by atoms with van der Waals surface area (Å²) < 4.78 is 13.7. The van der Waals surface area contributed by atoms with Crippen molar-refractivity contribution in [2.45, 2.75) is 50.2 Å². The summed E-state index contributed by atoms with van der Waals surface area (Å²) in [6.45, 7) is 1.22. The standard InChI is InChI=1S/C16H22FN3O2/c17-13-4-3-8-18-15(13)20-9-5-12(11-20)19-14(21)10-16(22)6-1-2-7-16/h3-4,8,12,22H,1-2,5-7,9-11H2,(H,19,21). The number of aliphatic hydroxyl groups is 1. The van der Waals surface area contributed by atoms with Crippen molar-refractivity contribution in [2.24, 2.45) is 0 Å². The first-order chi connectivity index (χ1) is 10.6. The maximum absolute atomic E-state index is 13.7. The van der Waals surface area contributed by atoms with Crippen LogP contribution in [-0.4, -0.2) is 40.7 Å². The summed E-state index contributed by atoms with van der Waals surface area (Å²) in [7, 11) is 0. The smallest absolute Gasteiger partial charge is 0.223 e. The van der Waals surface area contributed by atoms with E-state index in [1.165, 1.54) is 6.07 Å². The van der Waals surface area contributed by atoms with Crippen LogP contribution in [0.4, 0.5) is 10.2 Å². The van der Waals surface area contributed by atoms with Crippen LogP contribution in [0.5, 0.6) is 0 Å². The van der Waals surface area contributed by atoms with E-state index in [2.05, 4.69) is 10.3 Å². The van der Waals surface area contributed by atoms with Gasteiger partial charge in [0, 0.05) is 25.3 Å². The Bertz CT molecular complexity index is 546. The van der Waals surface area contributed by atoms with Gasteiger partial charge in [0.2, 0.25) is 5.91 Å². The van der Waals surface area contributed by atoms with Crippen LogP contribution in [0, 0.1) is 5.82 Å². The SMILES string of the molecule is O=C(CC1(O)CCCC1)NC1CCN(c2ncccc2F)C1. The predicted molar refractivity (Wildman–Crippen MR) is 81.0 cm³/mol.